The van der Waals surface area contributed by atoms with Crippen molar-refractivity contribution in [2.75, 3.05) is 0 Å². The van der Waals surface area contributed by atoms with E-state index in [4.69, 9.17) is 16.3 Å². The molecule has 0 heterocycles. The van der Waals surface area contributed by atoms with Gasteiger partial charge in [0.15, 0.2) is 0 Å². The quantitative estimate of drug-likeness (QED) is 0.874. The predicted octanol–water partition coefficient (Wildman–Crippen LogP) is 2.23. The number of hydrogen-bond acceptors (Lipinski definition) is 3. The van der Waals surface area contributed by atoms with Crippen molar-refractivity contribution < 1.29 is 0 Å². The van der Waals surface area contributed by atoms with Crippen LogP contribution in [0.2, 0.25) is 0 Å². The van der Waals surface area contributed by atoms with Gasteiger partial charge in [-0.3, -0.25) is 0 Å². The van der Waals surface area contributed by atoms with Crippen LogP contribution in [0.5, 0.6) is 0 Å². The van der Waals surface area contributed by atoms with Crippen molar-refractivity contribution in [3.05, 3.63) is 33.8 Å². The van der Waals surface area contributed by atoms with Gasteiger partial charge in [-0.2, -0.15) is 10.5 Å². The molecule has 1 rings (SSSR count). The molecule has 0 bridgehead atoms. The van der Waals surface area contributed by atoms with E-state index in [2.05, 4.69) is 15.9 Å². The number of hydrogen-bond donors (Lipinski definition) is 1. The summed E-state index contributed by atoms with van der Waals surface area (Å²) in [5.41, 5.74) is 7.17. The zero-order chi connectivity index (χ0) is 10.6. The molecule has 1 aromatic rings. The van der Waals surface area contributed by atoms with Gasteiger partial charge in [0.05, 0.1) is 18.1 Å². The second kappa shape index (κ2) is 4.76. The molecule has 70 valence electrons. The van der Waals surface area contributed by atoms with E-state index in [-0.39, 0.29) is 12.5 Å². The number of nitriles is 2. The molecule has 0 amide bonds. The topological polar surface area (TPSA) is 73.6 Å². The van der Waals surface area contributed by atoms with E-state index in [1.807, 2.05) is 12.1 Å². The predicted molar refractivity (Wildman–Crippen MR) is 56.0 cm³/mol. The van der Waals surface area contributed by atoms with Gasteiger partial charge in [0.1, 0.15) is 6.07 Å². The van der Waals surface area contributed by atoms with Crippen molar-refractivity contribution in [1.82, 2.24) is 0 Å². The SMILES string of the molecule is N#CC[C@H](N)c1ccc(C#N)c(Br)c1. The lowest BCUT2D eigenvalue weighted by Gasteiger charge is -2.08. The molecule has 3 nitrogen and oxygen atoms in total. The van der Waals surface area contributed by atoms with Gasteiger partial charge in [-0.05, 0) is 33.6 Å². The molecule has 4 heteroatoms. The Kier molecular flexibility index (Phi) is 3.64. The summed E-state index contributed by atoms with van der Waals surface area (Å²) in [5.74, 6) is 0. The van der Waals surface area contributed by atoms with Crippen LogP contribution >= 0.6 is 15.9 Å². The molecule has 0 spiro atoms. The molecule has 0 saturated carbocycles. The summed E-state index contributed by atoms with van der Waals surface area (Å²) < 4.78 is 0.714. The van der Waals surface area contributed by atoms with Crippen molar-refractivity contribution in [1.29, 1.82) is 10.5 Å². The highest BCUT2D eigenvalue weighted by Gasteiger charge is 2.07. The normalized spacial score (nSPS) is 11.4. The van der Waals surface area contributed by atoms with Crippen molar-refractivity contribution >= 4 is 15.9 Å². The third kappa shape index (κ3) is 2.32. The molecule has 0 saturated heterocycles. The first kappa shape index (κ1) is 10.7. The monoisotopic (exact) mass is 249 g/mol. The Morgan fingerprint density at radius 2 is 2.14 bits per heavy atom. The summed E-state index contributed by atoms with van der Waals surface area (Å²) in [7, 11) is 0. The second-order valence-corrected chi connectivity index (χ2v) is 3.67. The van der Waals surface area contributed by atoms with E-state index in [1.54, 1.807) is 18.2 Å². The highest BCUT2D eigenvalue weighted by molar-refractivity contribution is 9.10. The maximum absolute atomic E-state index is 8.69. The van der Waals surface area contributed by atoms with Gasteiger partial charge in [-0.25, -0.2) is 0 Å². The summed E-state index contributed by atoms with van der Waals surface area (Å²) in [6.07, 6.45) is 0.276. The Hall–Kier alpha value is -1.36. The molecule has 0 aliphatic heterocycles. The molecule has 0 fully saturated rings. The van der Waals surface area contributed by atoms with E-state index in [0.29, 0.717) is 10.0 Å². The van der Waals surface area contributed by atoms with Crippen LogP contribution in [0.4, 0.5) is 0 Å². The maximum Gasteiger partial charge on any atom is 0.100 e. The smallest absolute Gasteiger partial charge is 0.100 e. The fourth-order valence-corrected chi connectivity index (χ4v) is 1.55. The second-order valence-electron chi connectivity index (χ2n) is 2.82. The number of benzene rings is 1. The zero-order valence-electron chi connectivity index (χ0n) is 7.37. The van der Waals surface area contributed by atoms with Crippen LogP contribution in [-0.4, -0.2) is 0 Å². The largest absolute Gasteiger partial charge is 0.323 e. The van der Waals surface area contributed by atoms with Crippen LogP contribution in [0, 0.1) is 22.7 Å². The van der Waals surface area contributed by atoms with E-state index in [1.165, 1.54) is 0 Å². The van der Waals surface area contributed by atoms with Crippen LogP contribution in [0.1, 0.15) is 23.6 Å². The van der Waals surface area contributed by atoms with Crippen LogP contribution in [0.15, 0.2) is 22.7 Å². The molecule has 0 aliphatic rings. The van der Waals surface area contributed by atoms with Gasteiger partial charge < -0.3 is 5.73 Å². The summed E-state index contributed by atoms with van der Waals surface area (Å²) in [4.78, 5) is 0. The molecule has 14 heavy (non-hydrogen) atoms. The summed E-state index contributed by atoms with van der Waals surface area (Å²) in [5, 5.41) is 17.2. The third-order valence-corrected chi connectivity index (χ3v) is 2.51. The van der Waals surface area contributed by atoms with Crippen LogP contribution < -0.4 is 5.73 Å². The first-order valence-corrected chi connectivity index (χ1v) is 4.80. The Morgan fingerprint density at radius 1 is 1.43 bits per heavy atom. The minimum atomic E-state index is -0.288. The highest BCUT2D eigenvalue weighted by Crippen LogP contribution is 2.22. The Morgan fingerprint density at radius 3 is 2.64 bits per heavy atom. The van der Waals surface area contributed by atoms with Crippen LogP contribution in [0.25, 0.3) is 0 Å². The zero-order valence-corrected chi connectivity index (χ0v) is 8.95. The highest BCUT2D eigenvalue weighted by atomic mass is 79.9. The van der Waals surface area contributed by atoms with E-state index < -0.39 is 0 Å². The number of rotatable bonds is 2. The van der Waals surface area contributed by atoms with Crippen molar-refractivity contribution in [3.63, 3.8) is 0 Å². The minimum absolute atomic E-state index is 0.276. The van der Waals surface area contributed by atoms with Crippen molar-refractivity contribution in [2.45, 2.75) is 12.5 Å². The van der Waals surface area contributed by atoms with E-state index in [0.717, 1.165) is 5.56 Å². The lowest BCUT2D eigenvalue weighted by atomic mass is 10.0. The van der Waals surface area contributed by atoms with Crippen LogP contribution in [-0.2, 0) is 0 Å². The molecule has 0 aliphatic carbocycles. The van der Waals surface area contributed by atoms with E-state index >= 15 is 0 Å². The lowest BCUT2D eigenvalue weighted by Crippen LogP contribution is -2.09. The molecule has 2 N–H and O–H groups in total. The van der Waals surface area contributed by atoms with Gasteiger partial charge in [0, 0.05) is 10.5 Å². The average molecular weight is 250 g/mol. The van der Waals surface area contributed by atoms with Gasteiger partial charge >= 0.3 is 0 Å². The van der Waals surface area contributed by atoms with Gasteiger partial charge in [-0.15, -0.1) is 0 Å². The van der Waals surface area contributed by atoms with Crippen LogP contribution in [0.3, 0.4) is 0 Å². The molecule has 0 unspecified atom stereocenters. The summed E-state index contributed by atoms with van der Waals surface area (Å²) in [6.45, 7) is 0. The summed E-state index contributed by atoms with van der Waals surface area (Å²) in [6, 6.07) is 9.00. The first-order chi connectivity index (χ1) is 6.69. The van der Waals surface area contributed by atoms with Crippen molar-refractivity contribution in [2.24, 2.45) is 5.73 Å². The van der Waals surface area contributed by atoms with Crippen molar-refractivity contribution in [3.8, 4) is 12.1 Å². The fraction of sp³-hybridized carbons (Fsp3) is 0.200. The molecule has 0 aromatic heterocycles. The van der Waals surface area contributed by atoms with Gasteiger partial charge in [0.2, 0.25) is 0 Å². The standard InChI is InChI=1S/C10H8BrN3/c11-9-5-7(10(14)3-4-12)1-2-8(9)6-13/h1-2,5,10H,3,14H2/t10-/m0/s1. The average Bonchev–Trinajstić information content (AvgIpc) is 2.18. The molecule has 0 radical (unpaired) electrons. The lowest BCUT2D eigenvalue weighted by molar-refractivity contribution is 0.748. The maximum atomic E-state index is 8.69. The third-order valence-electron chi connectivity index (χ3n) is 1.85. The molecular formula is C10H8BrN3. The minimum Gasteiger partial charge on any atom is -0.323 e. The molecular weight excluding hydrogens is 242 g/mol. The molecule has 1 atom stereocenters. The fourth-order valence-electron chi connectivity index (χ4n) is 1.07. The Balaban J connectivity index is 2.99. The van der Waals surface area contributed by atoms with Gasteiger partial charge in [-0.1, -0.05) is 6.07 Å². The van der Waals surface area contributed by atoms with Gasteiger partial charge in [0.25, 0.3) is 0 Å². The molecule has 1 aromatic carbocycles. The van der Waals surface area contributed by atoms with E-state index in [9.17, 15) is 0 Å². The number of nitrogens with zero attached hydrogens (tertiary/aromatic N) is 2. The summed E-state index contributed by atoms with van der Waals surface area (Å²) >= 11 is 3.27. The Labute approximate surface area is 90.9 Å². The number of halogens is 1. The Bertz CT molecular complexity index is 414. The first-order valence-electron chi connectivity index (χ1n) is 4.01. The number of nitrogens with two attached hydrogens (primary N) is 1.